The van der Waals surface area contributed by atoms with Gasteiger partial charge in [-0.25, -0.2) is 19.9 Å². The first kappa shape index (κ1) is 80.2. The van der Waals surface area contributed by atoms with E-state index in [0.29, 0.717) is 11.9 Å². The smallest absolute Gasteiger partial charge is 0.235 e. The van der Waals surface area contributed by atoms with Crippen LogP contribution in [0.1, 0.15) is 0 Å². The molecule has 0 aliphatic carbocycles. The summed E-state index contributed by atoms with van der Waals surface area (Å²) in [6, 6.07) is 171. The SMILES string of the molecule is c1ccc(-c2nc(-n3c4ccccc4c4c5ccccc5c5c6ccccc6sc5c43)nc3ccccc23)cc1.c1ccc(-n2c3ccccc3c3c4ccccc4c4c5ccccc5n(-c5ncc6cc(-c7ccc8ccccc8c7)ccc6n5)c4c32)cc1.c1ccc2cc(-c3c4ccccc4c(-c4ccc5ccccc5c4)c4cc(-c5cc6c7ccccc7sc6c6ccccc56)ccc34)ccc2c1. The fourth-order valence-electron chi connectivity index (χ4n) is 22.9. The zero-order chi connectivity index (χ0) is 92.4. The van der Waals surface area contributed by atoms with Gasteiger partial charge in [0.2, 0.25) is 11.9 Å². The van der Waals surface area contributed by atoms with E-state index in [1.165, 1.54) is 209 Å². The lowest BCUT2D eigenvalue weighted by Crippen LogP contribution is -2.03. The van der Waals surface area contributed by atoms with Crippen LogP contribution in [-0.4, -0.2) is 33.6 Å². The third kappa shape index (κ3) is 12.7. The van der Waals surface area contributed by atoms with E-state index in [-0.39, 0.29) is 0 Å². The van der Waals surface area contributed by atoms with Crippen LogP contribution in [-0.2, 0) is 0 Å². The molecule has 7 aromatic heterocycles. The lowest BCUT2D eigenvalue weighted by molar-refractivity contribution is 1.01. The summed E-state index contributed by atoms with van der Waals surface area (Å²) >= 11 is 3.76. The summed E-state index contributed by atoms with van der Waals surface area (Å²) in [4.78, 5) is 20.9. The van der Waals surface area contributed by atoms with Crippen LogP contribution in [0.25, 0.3) is 287 Å². The van der Waals surface area contributed by atoms with Gasteiger partial charge < -0.3 is 4.57 Å². The lowest BCUT2D eigenvalue weighted by Gasteiger charge is -2.19. The lowest BCUT2D eigenvalue weighted by atomic mass is 9.84. The highest BCUT2D eigenvalue weighted by Crippen LogP contribution is 2.53. The molecule has 0 aliphatic rings. The van der Waals surface area contributed by atoms with Crippen molar-refractivity contribution in [2.24, 2.45) is 0 Å². The number of rotatable bonds is 8. The molecule has 0 spiro atoms. The van der Waals surface area contributed by atoms with Gasteiger partial charge in [0.1, 0.15) is 0 Å². The van der Waals surface area contributed by atoms with Crippen molar-refractivity contribution in [2.45, 2.75) is 0 Å². The molecule has 141 heavy (non-hydrogen) atoms. The Balaban J connectivity index is 0.000000102. The van der Waals surface area contributed by atoms with E-state index < -0.39 is 0 Å². The molecule has 7 heterocycles. The van der Waals surface area contributed by atoms with Gasteiger partial charge in [-0.3, -0.25) is 9.13 Å². The molecule has 0 amide bonds. The van der Waals surface area contributed by atoms with Gasteiger partial charge in [-0.2, -0.15) is 0 Å². The van der Waals surface area contributed by atoms with Crippen LogP contribution in [0, 0.1) is 0 Å². The number of benzene rings is 24. The zero-order valence-electron chi connectivity index (χ0n) is 76.1. The molecule has 0 aliphatic heterocycles. The van der Waals surface area contributed by atoms with E-state index >= 15 is 0 Å². The maximum atomic E-state index is 5.31. The molecule has 0 saturated heterocycles. The van der Waals surface area contributed by atoms with Gasteiger partial charge in [0, 0.05) is 102 Å². The number of para-hydroxylation sites is 5. The zero-order valence-corrected chi connectivity index (χ0v) is 77.7. The molecule has 0 radical (unpaired) electrons. The van der Waals surface area contributed by atoms with Crippen molar-refractivity contribution >= 4 is 236 Å². The maximum absolute atomic E-state index is 5.31. The average molecular weight is 1830 g/mol. The largest absolute Gasteiger partial charge is 0.307 e. The number of thiophene rings is 2. The third-order valence-electron chi connectivity index (χ3n) is 29.1. The number of hydrogen-bond acceptors (Lipinski definition) is 6. The summed E-state index contributed by atoms with van der Waals surface area (Å²) in [5.41, 5.74) is 21.7. The first-order valence-corrected chi connectivity index (χ1v) is 49.7. The van der Waals surface area contributed by atoms with Crippen LogP contribution in [0.5, 0.6) is 0 Å². The molecule has 0 saturated carbocycles. The van der Waals surface area contributed by atoms with E-state index in [9.17, 15) is 0 Å². The van der Waals surface area contributed by atoms with Gasteiger partial charge in [0.05, 0.1) is 54.5 Å². The van der Waals surface area contributed by atoms with Crippen molar-refractivity contribution in [1.29, 1.82) is 0 Å². The maximum Gasteiger partial charge on any atom is 0.235 e. The second-order valence-corrected chi connectivity index (χ2v) is 38.9. The van der Waals surface area contributed by atoms with Crippen molar-refractivity contribution < 1.29 is 0 Å². The molecule has 0 fully saturated rings. The molecule has 24 aromatic carbocycles. The quantitative estimate of drug-likeness (QED) is 0.142. The van der Waals surface area contributed by atoms with Crippen LogP contribution in [0.2, 0.25) is 0 Å². The predicted molar refractivity (Wildman–Crippen MR) is 602 cm³/mol. The highest BCUT2D eigenvalue weighted by atomic mass is 32.1. The van der Waals surface area contributed by atoms with Crippen LogP contribution in [0.4, 0.5) is 0 Å². The van der Waals surface area contributed by atoms with Crippen molar-refractivity contribution in [1.82, 2.24) is 33.6 Å². The second-order valence-electron chi connectivity index (χ2n) is 36.8. The Morgan fingerprint density at radius 1 is 0.191 bits per heavy atom. The Hall–Kier alpha value is -18.1. The molecule has 7 nitrogen and oxygen atoms in total. The molecular weight excluding hydrogens is 1750 g/mol. The summed E-state index contributed by atoms with van der Waals surface area (Å²) in [5.74, 6) is 1.35. The molecule has 31 rings (SSSR count). The fourth-order valence-corrected chi connectivity index (χ4v) is 25.4. The molecule has 9 heteroatoms. The van der Waals surface area contributed by atoms with Crippen LogP contribution >= 0.6 is 22.7 Å². The molecule has 0 atom stereocenters. The van der Waals surface area contributed by atoms with Crippen molar-refractivity contribution in [2.75, 3.05) is 0 Å². The number of fused-ring (bicyclic) bond motifs is 32. The minimum atomic E-state index is 0.656. The van der Waals surface area contributed by atoms with Crippen LogP contribution < -0.4 is 0 Å². The van der Waals surface area contributed by atoms with Gasteiger partial charge in [-0.05, 0) is 216 Å². The van der Waals surface area contributed by atoms with Gasteiger partial charge in [-0.1, -0.05) is 382 Å². The summed E-state index contributed by atoms with van der Waals surface area (Å²) in [6.07, 6.45) is 1.98. The van der Waals surface area contributed by atoms with Gasteiger partial charge >= 0.3 is 0 Å². The Morgan fingerprint density at radius 3 is 1.19 bits per heavy atom. The summed E-state index contributed by atoms with van der Waals surface area (Å²) in [7, 11) is 0. The summed E-state index contributed by atoms with van der Waals surface area (Å²) < 4.78 is 12.3. The predicted octanol–water partition coefficient (Wildman–Crippen LogP) is 36.5. The second kappa shape index (κ2) is 32.3. The van der Waals surface area contributed by atoms with Gasteiger partial charge in [0.15, 0.2) is 0 Å². The van der Waals surface area contributed by atoms with E-state index in [4.69, 9.17) is 19.9 Å². The van der Waals surface area contributed by atoms with Gasteiger partial charge in [0.25, 0.3) is 0 Å². The minimum Gasteiger partial charge on any atom is -0.307 e. The third-order valence-corrected chi connectivity index (χ3v) is 31.5. The average Bonchev–Trinajstić information content (AvgIpc) is 1.53. The summed E-state index contributed by atoms with van der Waals surface area (Å²) in [5, 5.41) is 34.8. The molecule has 0 bridgehead atoms. The van der Waals surface area contributed by atoms with E-state index in [2.05, 4.69) is 481 Å². The summed E-state index contributed by atoms with van der Waals surface area (Å²) in [6.45, 7) is 0. The van der Waals surface area contributed by atoms with Crippen LogP contribution in [0.3, 0.4) is 0 Å². The number of nitrogens with zero attached hydrogens (tertiary/aromatic N) is 7. The monoisotopic (exact) mass is 1830 g/mol. The van der Waals surface area contributed by atoms with Crippen LogP contribution in [0.15, 0.2) is 479 Å². The molecule has 31 aromatic rings. The van der Waals surface area contributed by atoms with Crippen molar-refractivity contribution in [3.05, 3.63) is 479 Å². The first-order chi connectivity index (χ1) is 70.0. The molecule has 0 N–H and O–H groups in total. The molecule has 654 valence electrons. The Bertz CT molecular complexity index is 10700. The topological polar surface area (TPSA) is 66.3 Å². The molecule has 0 unspecified atom stereocenters. The minimum absolute atomic E-state index is 0.656. The highest BCUT2D eigenvalue weighted by molar-refractivity contribution is 7.27. The van der Waals surface area contributed by atoms with E-state index in [0.717, 1.165) is 66.4 Å². The van der Waals surface area contributed by atoms with Gasteiger partial charge in [-0.15, -0.1) is 22.7 Å². The number of aromatic nitrogens is 7. The Morgan fingerprint density at radius 2 is 0.589 bits per heavy atom. The van der Waals surface area contributed by atoms with E-state index in [1.54, 1.807) is 0 Å². The Kier molecular flexibility index (Phi) is 18.4. The number of hydrogen-bond donors (Lipinski definition) is 0. The standard InChI is InChI=1S/C50H30S.C46H28N4.C36H21N3S/c1-3-13-33-27-36(23-21-31(33)11-1)48-40-17-6-7-18-41(40)49(37-24-22-32-12-2-4-14-34(32)28-37)45-29-35(25-26-42(45)48)44-30-46-39-16-9-10-20-47(39)51-50(46)43-19-8-5-15-38(43)44;1-2-14-34(15-3-1)49-40-20-10-8-18-37(40)42-35-16-6-7-17-36(35)43-38-19-9-11-21-41(38)50(45(43)44(42)49)46-47-28-33-27-32(24-25-39(33)48-46)31-23-22-29-12-4-5-13-30(29)26-31;1-2-12-22(13-3-1)33-25-16-6-9-19-28(25)37-36(38-33)39-29-20-10-7-17-26(29)31-23-14-4-5-15-24(23)32-27-18-8-11-21-30(27)40-35(32)34(31)39/h1-30H;1-28H;1-21H. The van der Waals surface area contributed by atoms with E-state index in [1.807, 2.05) is 34.9 Å². The highest BCUT2D eigenvalue weighted by Gasteiger charge is 2.29. The first-order valence-electron chi connectivity index (χ1n) is 48.0. The normalized spacial score (nSPS) is 12.0. The molecular formula is C132H79N7S2. The van der Waals surface area contributed by atoms with Crippen molar-refractivity contribution in [3.63, 3.8) is 0 Å². The van der Waals surface area contributed by atoms with Crippen molar-refractivity contribution in [3.8, 4) is 73.3 Å². The fraction of sp³-hybridized carbons (Fsp3) is 0. The Labute approximate surface area is 816 Å².